The maximum atomic E-state index is 10.2. The Kier molecular flexibility index (Phi) is 6.39. The number of carbonyl (C=O) groups is 1. The predicted molar refractivity (Wildman–Crippen MR) is 70.4 cm³/mol. The van der Waals surface area contributed by atoms with Gasteiger partial charge in [0.1, 0.15) is 0 Å². The van der Waals surface area contributed by atoms with Gasteiger partial charge in [-0.15, -0.1) is 0 Å². The molecule has 2 atom stereocenters. The molecule has 3 N–H and O–H groups in total. The van der Waals surface area contributed by atoms with E-state index in [-0.39, 0.29) is 0 Å². The Bertz CT molecular complexity index is 347. The molecule has 0 aliphatic carbocycles. The third-order valence-corrected chi connectivity index (χ3v) is 2.91. The predicted octanol–water partition coefficient (Wildman–Crippen LogP) is 1.95. The van der Waals surface area contributed by atoms with Gasteiger partial charge in [-0.3, -0.25) is 0 Å². The maximum Gasteiger partial charge on any atom is 0.337 e. The lowest BCUT2D eigenvalue weighted by atomic mass is 10.1. The quantitative estimate of drug-likeness (QED) is 0.751. The van der Waals surface area contributed by atoms with Gasteiger partial charge < -0.3 is 15.5 Å². The summed E-state index contributed by atoms with van der Waals surface area (Å²) in [6, 6.07) is 9.05. The number of aliphatic hydroxyl groups is 1. The van der Waals surface area contributed by atoms with E-state index in [0.717, 1.165) is 6.04 Å². The minimum Gasteiger partial charge on any atom is -0.479 e. The molecule has 2 rings (SSSR count). The van der Waals surface area contributed by atoms with Crippen LogP contribution in [0.15, 0.2) is 30.3 Å². The van der Waals surface area contributed by atoms with Crippen LogP contribution in [0.5, 0.6) is 0 Å². The second-order valence-electron chi connectivity index (χ2n) is 4.50. The van der Waals surface area contributed by atoms with Crippen molar-refractivity contribution < 1.29 is 15.0 Å². The Balaban J connectivity index is 0.000000199. The van der Waals surface area contributed by atoms with Gasteiger partial charge in [0.2, 0.25) is 0 Å². The van der Waals surface area contributed by atoms with Gasteiger partial charge in [-0.25, -0.2) is 4.79 Å². The zero-order chi connectivity index (χ0) is 13.4. The van der Waals surface area contributed by atoms with Crippen LogP contribution in [0.3, 0.4) is 0 Å². The van der Waals surface area contributed by atoms with Crippen LogP contribution >= 0.6 is 0 Å². The summed E-state index contributed by atoms with van der Waals surface area (Å²) < 4.78 is 0. The highest BCUT2D eigenvalue weighted by molar-refractivity contribution is 5.73. The van der Waals surface area contributed by atoms with Crippen molar-refractivity contribution in [1.82, 2.24) is 5.32 Å². The average Bonchev–Trinajstić information content (AvgIpc) is 2.40. The Morgan fingerprint density at radius 3 is 2.39 bits per heavy atom. The van der Waals surface area contributed by atoms with E-state index in [4.69, 9.17) is 10.2 Å². The van der Waals surface area contributed by atoms with E-state index >= 15 is 0 Å². The highest BCUT2D eigenvalue weighted by Gasteiger charge is 2.14. The molecule has 4 heteroatoms. The fraction of sp³-hybridized carbons (Fsp3) is 0.500. The van der Waals surface area contributed by atoms with Gasteiger partial charge in [0.25, 0.3) is 0 Å². The molecule has 18 heavy (non-hydrogen) atoms. The van der Waals surface area contributed by atoms with Crippen molar-refractivity contribution in [2.75, 3.05) is 6.54 Å². The van der Waals surface area contributed by atoms with Gasteiger partial charge in [0.15, 0.2) is 6.10 Å². The van der Waals surface area contributed by atoms with Gasteiger partial charge in [0, 0.05) is 6.04 Å². The van der Waals surface area contributed by atoms with Crippen LogP contribution in [-0.2, 0) is 4.79 Å². The van der Waals surface area contributed by atoms with Crippen LogP contribution in [0.1, 0.15) is 37.9 Å². The van der Waals surface area contributed by atoms with Gasteiger partial charge in [0.05, 0.1) is 0 Å². The van der Waals surface area contributed by atoms with Gasteiger partial charge in [-0.2, -0.15) is 0 Å². The summed E-state index contributed by atoms with van der Waals surface area (Å²) in [4.78, 5) is 10.2. The first-order valence-corrected chi connectivity index (χ1v) is 6.30. The van der Waals surface area contributed by atoms with Crippen molar-refractivity contribution in [3.8, 4) is 0 Å². The molecule has 1 aromatic carbocycles. The van der Waals surface area contributed by atoms with E-state index in [1.54, 1.807) is 30.3 Å². The molecule has 100 valence electrons. The van der Waals surface area contributed by atoms with Crippen molar-refractivity contribution in [1.29, 1.82) is 0 Å². The topological polar surface area (TPSA) is 69.6 Å². The van der Waals surface area contributed by atoms with E-state index in [1.165, 1.54) is 25.8 Å². The number of carboxylic acid groups (broad SMARTS) is 1. The number of carboxylic acids is 1. The van der Waals surface area contributed by atoms with E-state index in [1.807, 2.05) is 0 Å². The maximum absolute atomic E-state index is 10.2. The van der Waals surface area contributed by atoms with Crippen molar-refractivity contribution in [2.24, 2.45) is 0 Å². The standard InChI is InChI=1S/C8H8O3.C6H13N/c9-7(8(10)11)6-4-2-1-3-5-6;1-6-4-2-3-5-7-6/h1-5,7,9H,(H,10,11);6-7H,2-5H2,1H3/t7-;6-/m01/s1. The van der Waals surface area contributed by atoms with Crippen molar-refractivity contribution in [3.63, 3.8) is 0 Å². The van der Waals surface area contributed by atoms with Crippen LogP contribution in [0.25, 0.3) is 0 Å². The van der Waals surface area contributed by atoms with Crippen LogP contribution in [0.2, 0.25) is 0 Å². The van der Waals surface area contributed by atoms with Crippen molar-refractivity contribution in [2.45, 2.75) is 38.3 Å². The molecule has 1 aromatic rings. The number of piperidine rings is 1. The first kappa shape index (κ1) is 14.7. The van der Waals surface area contributed by atoms with E-state index in [0.29, 0.717) is 5.56 Å². The highest BCUT2D eigenvalue weighted by atomic mass is 16.4. The summed E-state index contributed by atoms with van der Waals surface area (Å²) in [5.74, 6) is -1.23. The van der Waals surface area contributed by atoms with E-state index in [9.17, 15) is 4.79 Å². The lowest BCUT2D eigenvalue weighted by Gasteiger charge is -2.18. The lowest BCUT2D eigenvalue weighted by molar-refractivity contribution is -0.146. The molecular formula is C14H21NO3. The Morgan fingerprint density at radius 2 is 2.00 bits per heavy atom. The number of aliphatic carboxylic acids is 1. The number of hydrogen-bond acceptors (Lipinski definition) is 3. The van der Waals surface area contributed by atoms with Crippen LogP contribution < -0.4 is 5.32 Å². The van der Waals surface area contributed by atoms with Crippen LogP contribution in [0.4, 0.5) is 0 Å². The summed E-state index contributed by atoms with van der Waals surface area (Å²) in [6.07, 6.45) is 2.77. The second kappa shape index (κ2) is 7.84. The summed E-state index contributed by atoms with van der Waals surface area (Å²) in [5.41, 5.74) is 0.403. The molecule has 1 saturated heterocycles. The minimum absolute atomic E-state index is 0.403. The Hall–Kier alpha value is -1.39. The van der Waals surface area contributed by atoms with E-state index in [2.05, 4.69) is 12.2 Å². The Labute approximate surface area is 108 Å². The fourth-order valence-electron chi connectivity index (χ4n) is 1.80. The molecule has 0 radical (unpaired) electrons. The monoisotopic (exact) mass is 251 g/mol. The molecule has 4 nitrogen and oxygen atoms in total. The number of aliphatic hydroxyl groups excluding tert-OH is 1. The SMILES string of the molecule is C[C@@H]1CCCCN1.O=C(O)[C@@H](O)c1ccccc1. The third-order valence-electron chi connectivity index (χ3n) is 2.91. The van der Waals surface area contributed by atoms with Gasteiger partial charge in [-0.1, -0.05) is 36.8 Å². The van der Waals surface area contributed by atoms with E-state index < -0.39 is 12.1 Å². The fourth-order valence-corrected chi connectivity index (χ4v) is 1.80. The van der Waals surface area contributed by atoms with Crippen molar-refractivity contribution >= 4 is 5.97 Å². The summed E-state index contributed by atoms with van der Waals surface area (Å²) >= 11 is 0. The van der Waals surface area contributed by atoms with Gasteiger partial charge in [-0.05, 0) is 31.9 Å². The molecule has 0 spiro atoms. The molecule has 0 bridgehead atoms. The molecule has 1 heterocycles. The summed E-state index contributed by atoms with van der Waals surface area (Å²) in [6.45, 7) is 3.49. The number of rotatable bonds is 2. The molecule has 1 aliphatic heterocycles. The molecule has 1 aliphatic rings. The summed E-state index contributed by atoms with van der Waals surface area (Å²) in [7, 11) is 0. The number of nitrogens with one attached hydrogen (secondary N) is 1. The summed E-state index contributed by atoms with van der Waals surface area (Å²) in [5, 5.41) is 20.8. The first-order valence-electron chi connectivity index (χ1n) is 6.30. The average molecular weight is 251 g/mol. The molecule has 1 fully saturated rings. The van der Waals surface area contributed by atoms with Crippen molar-refractivity contribution in [3.05, 3.63) is 35.9 Å². The smallest absolute Gasteiger partial charge is 0.337 e. The number of benzene rings is 1. The highest BCUT2D eigenvalue weighted by Crippen LogP contribution is 2.10. The zero-order valence-electron chi connectivity index (χ0n) is 10.7. The van der Waals surface area contributed by atoms with Gasteiger partial charge >= 0.3 is 5.97 Å². The van der Waals surface area contributed by atoms with Crippen LogP contribution in [-0.4, -0.2) is 28.8 Å². The minimum atomic E-state index is -1.41. The molecule has 0 amide bonds. The Morgan fingerprint density at radius 1 is 1.33 bits per heavy atom. The lowest BCUT2D eigenvalue weighted by Crippen LogP contribution is -2.30. The normalized spacial score (nSPS) is 20.4. The third kappa shape index (κ3) is 5.29. The molecule has 0 unspecified atom stereocenters. The second-order valence-corrected chi connectivity index (χ2v) is 4.50. The van der Waals surface area contributed by atoms with Crippen LogP contribution in [0, 0.1) is 0 Å². The molecule has 0 aromatic heterocycles. The zero-order valence-corrected chi connectivity index (χ0v) is 10.7. The largest absolute Gasteiger partial charge is 0.479 e. The number of hydrogen-bond donors (Lipinski definition) is 3. The first-order chi connectivity index (χ1) is 8.61. The molecule has 0 saturated carbocycles. The molecular weight excluding hydrogens is 230 g/mol.